The summed E-state index contributed by atoms with van der Waals surface area (Å²) in [7, 11) is -5.48. The average Bonchev–Trinajstić information content (AvgIpc) is 3.13. The van der Waals surface area contributed by atoms with Crippen LogP contribution in [0, 0.1) is 46.8 Å². The van der Waals surface area contributed by atoms with Crippen LogP contribution in [-0.2, 0) is 28.3 Å². The fourth-order valence-corrected chi connectivity index (χ4v) is 9.43. The van der Waals surface area contributed by atoms with Crippen molar-refractivity contribution in [1.82, 2.24) is 0 Å². The summed E-state index contributed by atoms with van der Waals surface area (Å²) in [4.78, 5) is 11.8. The van der Waals surface area contributed by atoms with E-state index in [9.17, 15) is 13.2 Å². The Morgan fingerprint density at radius 2 is 1.68 bits per heavy atom. The maximum Gasteiger partial charge on any atom is 0.302 e. The van der Waals surface area contributed by atoms with Crippen molar-refractivity contribution < 1.29 is 26.6 Å². The second kappa shape index (κ2) is 11.2. The van der Waals surface area contributed by atoms with Crippen molar-refractivity contribution in [1.29, 1.82) is 0 Å². The van der Waals surface area contributed by atoms with E-state index in [4.69, 9.17) is 13.3 Å². The lowest BCUT2D eigenvalue weighted by molar-refractivity contribution is -0.156. The number of rotatable bonds is 8. The summed E-state index contributed by atoms with van der Waals surface area (Å²) < 4.78 is 42.3. The summed E-state index contributed by atoms with van der Waals surface area (Å²) in [5.41, 5.74) is -0.0321. The Labute approximate surface area is 228 Å². The lowest BCUT2D eigenvalue weighted by Crippen LogP contribution is -2.53. The molecule has 0 aliphatic heterocycles. The number of esters is 1. The molecule has 0 bridgehead atoms. The monoisotopic (exact) mass is 558 g/mol. The zero-order chi connectivity index (χ0) is 28.0. The molecule has 8 heteroatoms. The number of ether oxygens (including phenoxy) is 1. The van der Waals surface area contributed by atoms with Gasteiger partial charge in [-0.3, -0.25) is 8.98 Å². The summed E-state index contributed by atoms with van der Waals surface area (Å²) in [6.45, 7) is 21.0. The molecule has 3 saturated carbocycles. The van der Waals surface area contributed by atoms with Crippen LogP contribution < -0.4 is 0 Å². The van der Waals surface area contributed by atoms with Crippen LogP contribution in [0.15, 0.2) is 0 Å². The first-order chi connectivity index (χ1) is 16.9. The number of hydrogen-bond donors (Lipinski definition) is 0. The molecular weight excluding hydrogens is 504 g/mol. The minimum atomic E-state index is -3.51. The highest BCUT2D eigenvalue weighted by atomic mass is 32.2. The van der Waals surface area contributed by atoms with E-state index in [1.54, 1.807) is 0 Å². The van der Waals surface area contributed by atoms with Gasteiger partial charge in [-0.1, -0.05) is 48.0 Å². The first-order valence-electron chi connectivity index (χ1n) is 14.5. The standard InChI is InChI=1S/C29H54O6SSi/c1-19-11-12-24-25(18-33-36(8,31)32)26(15-20(2)27(19)24)29(7)14-13-23(35-21(3)30)16-22(29)17-34-37(9,10)28(4,5)6/h19-20,22-27H,11-18H2,1-10H3/t19-,20+,22+,23-,24+,25-,26-,27+,29-/m0/s1. The van der Waals surface area contributed by atoms with Crippen LogP contribution in [0.3, 0.4) is 0 Å². The predicted molar refractivity (Wildman–Crippen MR) is 151 cm³/mol. The van der Waals surface area contributed by atoms with Crippen molar-refractivity contribution in [2.45, 2.75) is 111 Å². The molecule has 216 valence electrons. The zero-order valence-electron chi connectivity index (χ0n) is 25.1. The van der Waals surface area contributed by atoms with E-state index in [0.717, 1.165) is 32.1 Å². The van der Waals surface area contributed by atoms with Gasteiger partial charge in [-0.2, -0.15) is 8.42 Å². The summed E-state index contributed by atoms with van der Waals surface area (Å²) in [5, 5.41) is 0.117. The number of carbonyl (C=O) groups excluding carboxylic acids is 1. The molecule has 6 nitrogen and oxygen atoms in total. The molecule has 0 N–H and O–H groups in total. The van der Waals surface area contributed by atoms with Crippen LogP contribution in [0.25, 0.3) is 0 Å². The predicted octanol–water partition coefficient (Wildman–Crippen LogP) is 6.66. The van der Waals surface area contributed by atoms with E-state index < -0.39 is 18.4 Å². The van der Waals surface area contributed by atoms with Gasteiger partial charge in [0.25, 0.3) is 10.1 Å². The number of hydrogen-bond acceptors (Lipinski definition) is 6. The molecule has 0 aromatic carbocycles. The molecule has 0 amide bonds. The third-order valence-electron chi connectivity index (χ3n) is 11.0. The summed E-state index contributed by atoms with van der Waals surface area (Å²) in [6.07, 6.45) is 7.16. The molecular formula is C29H54O6SSi. The quantitative estimate of drug-likeness (QED) is 0.188. The maximum absolute atomic E-state index is 12.1. The van der Waals surface area contributed by atoms with Crippen LogP contribution in [-0.4, -0.2) is 48.3 Å². The van der Waals surface area contributed by atoms with Crippen molar-refractivity contribution >= 4 is 24.4 Å². The smallest absolute Gasteiger partial charge is 0.302 e. The van der Waals surface area contributed by atoms with Crippen LogP contribution in [0.4, 0.5) is 0 Å². The molecule has 0 unspecified atom stereocenters. The number of carbonyl (C=O) groups is 1. The van der Waals surface area contributed by atoms with E-state index in [1.807, 2.05) is 0 Å². The molecule has 0 aromatic heterocycles. The van der Waals surface area contributed by atoms with Crippen LogP contribution in [0.5, 0.6) is 0 Å². The zero-order valence-corrected chi connectivity index (χ0v) is 26.9. The Kier molecular flexibility index (Phi) is 9.42. The normalized spacial score (nSPS) is 39.3. The Bertz CT molecular complexity index is 912. The highest BCUT2D eigenvalue weighted by Crippen LogP contribution is 2.61. The van der Waals surface area contributed by atoms with Crippen molar-refractivity contribution in [2.24, 2.45) is 46.8 Å². The van der Waals surface area contributed by atoms with Gasteiger partial charge in [0.05, 0.1) is 12.9 Å². The summed E-state index contributed by atoms with van der Waals surface area (Å²) in [6, 6.07) is 0. The van der Waals surface area contributed by atoms with Crippen molar-refractivity contribution in [2.75, 3.05) is 19.5 Å². The van der Waals surface area contributed by atoms with Crippen LogP contribution in [0.2, 0.25) is 18.1 Å². The van der Waals surface area contributed by atoms with E-state index in [2.05, 4.69) is 54.6 Å². The molecule has 3 aliphatic carbocycles. The lowest BCUT2D eigenvalue weighted by Gasteiger charge is -2.56. The van der Waals surface area contributed by atoms with Crippen molar-refractivity contribution in [3.63, 3.8) is 0 Å². The van der Waals surface area contributed by atoms with Gasteiger partial charge in [-0.15, -0.1) is 0 Å². The molecule has 0 aromatic rings. The minimum Gasteiger partial charge on any atom is -0.463 e. The highest BCUT2D eigenvalue weighted by Gasteiger charge is 2.56. The second-order valence-electron chi connectivity index (χ2n) is 14.5. The number of fused-ring (bicyclic) bond motifs is 1. The molecule has 0 heterocycles. The second-order valence-corrected chi connectivity index (χ2v) is 21.0. The Balaban J connectivity index is 1.95. The molecule has 0 spiro atoms. The third kappa shape index (κ3) is 7.01. The molecule has 0 saturated heterocycles. The third-order valence-corrected chi connectivity index (χ3v) is 16.1. The van der Waals surface area contributed by atoms with Gasteiger partial charge in [0, 0.05) is 13.5 Å². The largest absolute Gasteiger partial charge is 0.463 e. The van der Waals surface area contributed by atoms with Crippen molar-refractivity contribution in [3.05, 3.63) is 0 Å². The van der Waals surface area contributed by atoms with E-state index in [-0.39, 0.29) is 41.0 Å². The summed E-state index contributed by atoms with van der Waals surface area (Å²) in [5.74, 6) is 2.99. The first kappa shape index (κ1) is 31.1. The lowest BCUT2D eigenvalue weighted by atomic mass is 9.50. The molecule has 3 aliphatic rings. The van der Waals surface area contributed by atoms with Crippen molar-refractivity contribution in [3.8, 4) is 0 Å². The Morgan fingerprint density at radius 1 is 1.03 bits per heavy atom. The van der Waals surface area contributed by atoms with E-state index in [1.165, 1.54) is 19.6 Å². The van der Waals surface area contributed by atoms with Gasteiger partial charge in [0.2, 0.25) is 0 Å². The molecule has 37 heavy (non-hydrogen) atoms. The van der Waals surface area contributed by atoms with E-state index >= 15 is 0 Å². The molecule has 0 radical (unpaired) electrons. The van der Waals surface area contributed by atoms with Gasteiger partial charge in [-0.25, -0.2) is 0 Å². The van der Waals surface area contributed by atoms with E-state index in [0.29, 0.717) is 36.2 Å². The van der Waals surface area contributed by atoms with Gasteiger partial charge in [0.15, 0.2) is 8.32 Å². The topological polar surface area (TPSA) is 78.9 Å². The van der Waals surface area contributed by atoms with Gasteiger partial charge in [-0.05, 0) is 97.1 Å². The minimum absolute atomic E-state index is 0.0321. The van der Waals surface area contributed by atoms with Gasteiger partial charge in [0.1, 0.15) is 6.10 Å². The molecule has 9 atom stereocenters. The first-order valence-corrected chi connectivity index (χ1v) is 19.2. The van der Waals surface area contributed by atoms with Gasteiger partial charge >= 0.3 is 5.97 Å². The highest BCUT2D eigenvalue weighted by molar-refractivity contribution is 7.85. The van der Waals surface area contributed by atoms with Crippen LogP contribution in [0.1, 0.15) is 87.0 Å². The molecule has 3 rings (SSSR count). The Hall–Kier alpha value is -0.443. The Morgan fingerprint density at radius 3 is 2.24 bits per heavy atom. The van der Waals surface area contributed by atoms with Crippen LogP contribution >= 0.6 is 0 Å². The fraction of sp³-hybridized carbons (Fsp3) is 0.966. The fourth-order valence-electron chi connectivity index (χ4n) is 7.97. The van der Waals surface area contributed by atoms with Gasteiger partial charge < -0.3 is 9.16 Å². The molecule has 3 fully saturated rings. The average molecular weight is 559 g/mol. The maximum atomic E-state index is 12.1. The summed E-state index contributed by atoms with van der Waals surface area (Å²) >= 11 is 0. The SMILES string of the molecule is CC(=O)O[C@H]1CC[C@](C)([C@H]2C[C@@H](C)[C@@H]3[C@H](CC[C@@H]3C)[C@@H]2COS(C)(=O)=O)[C@@H](CO[Si](C)(C)C(C)(C)C)C1.